The Balaban J connectivity index is 1.63. The van der Waals surface area contributed by atoms with Crippen molar-refractivity contribution in [1.82, 2.24) is 16.0 Å². The van der Waals surface area contributed by atoms with Crippen LogP contribution < -0.4 is 16.0 Å². The molecular weight excluding hydrogens is 324 g/mol. The van der Waals surface area contributed by atoms with Crippen LogP contribution in [0.1, 0.15) is 55.2 Å². The van der Waals surface area contributed by atoms with Gasteiger partial charge in [-0.3, -0.25) is 9.79 Å². The van der Waals surface area contributed by atoms with Crippen molar-refractivity contribution in [3.05, 3.63) is 34.9 Å². The number of guanidine groups is 1. The Kier molecular flexibility index (Phi) is 8.45. The fraction of sp³-hybridized carbons (Fsp3) is 0.619. The van der Waals surface area contributed by atoms with Gasteiger partial charge < -0.3 is 16.0 Å². The SMILES string of the molecule is CN=C(NCCC(=O)NC1CCCCC1)NCCc1cc(C)cc(C)c1. The smallest absolute Gasteiger partial charge is 0.221 e. The first-order valence-electron chi connectivity index (χ1n) is 9.88. The molecule has 1 amide bonds. The van der Waals surface area contributed by atoms with Gasteiger partial charge >= 0.3 is 0 Å². The molecule has 0 unspecified atom stereocenters. The number of rotatable bonds is 7. The highest BCUT2D eigenvalue weighted by molar-refractivity contribution is 5.81. The second-order valence-corrected chi connectivity index (χ2v) is 7.32. The lowest BCUT2D eigenvalue weighted by molar-refractivity contribution is -0.121. The van der Waals surface area contributed by atoms with Crippen LogP contribution in [-0.4, -0.2) is 38.0 Å². The predicted molar refractivity (Wildman–Crippen MR) is 109 cm³/mol. The number of nitrogens with one attached hydrogen (secondary N) is 3. The minimum atomic E-state index is 0.134. The topological polar surface area (TPSA) is 65.5 Å². The maximum absolute atomic E-state index is 12.0. The number of hydrogen-bond donors (Lipinski definition) is 3. The van der Waals surface area contributed by atoms with E-state index in [1.165, 1.54) is 36.0 Å². The van der Waals surface area contributed by atoms with E-state index in [1.54, 1.807) is 7.05 Å². The standard InChI is InChI=1S/C21H34N4O/c1-16-13-17(2)15-18(14-16)9-11-23-21(22-3)24-12-10-20(26)25-19-7-5-4-6-8-19/h13-15,19H,4-12H2,1-3H3,(H,25,26)(H2,22,23,24). The molecule has 2 rings (SSSR count). The van der Waals surface area contributed by atoms with Gasteiger partial charge in [0.2, 0.25) is 5.91 Å². The Hall–Kier alpha value is -2.04. The van der Waals surface area contributed by atoms with E-state index in [0.29, 0.717) is 19.0 Å². The van der Waals surface area contributed by atoms with Gasteiger partial charge in [0.25, 0.3) is 0 Å². The van der Waals surface area contributed by atoms with Crippen LogP contribution in [0.3, 0.4) is 0 Å². The summed E-state index contributed by atoms with van der Waals surface area (Å²) in [6, 6.07) is 7.02. The summed E-state index contributed by atoms with van der Waals surface area (Å²) in [7, 11) is 1.76. The molecular formula is C21H34N4O. The minimum Gasteiger partial charge on any atom is -0.356 e. The lowest BCUT2D eigenvalue weighted by atomic mass is 9.95. The molecule has 1 fully saturated rings. The van der Waals surface area contributed by atoms with E-state index in [9.17, 15) is 4.79 Å². The zero-order chi connectivity index (χ0) is 18.8. The number of carbonyl (C=O) groups excluding carboxylic acids is 1. The van der Waals surface area contributed by atoms with Gasteiger partial charge in [-0.1, -0.05) is 48.6 Å². The Morgan fingerprint density at radius 2 is 1.69 bits per heavy atom. The summed E-state index contributed by atoms with van der Waals surface area (Å²) in [4.78, 5) is 16.3. The van der Waals surface area contributed by atoms with Crippen molar-refractivity contribution in [3.8, 4) is 0 Å². The summed E-state index contributed by atoms with van der Waals surface area (Å²) < 4.78 is 0. The zero-order valence-corrected chi connectivity index (χ0v) is 16.5. The summed E-state index contributed by atoms with van der Waals surface area (Å²) in [6.45, 7) is 5.67. The summed E-state index contributed by atoms with van der Waals surface area (Å²) in [6.07, 6.45) is 7.46. The van der Waals surface area contributed by atoms with Gasteiger partial charge in [0.15, 0.2) is 5.96 Å². The van der Waals surface area contributed by atoms with Crippen LogP contribution in [0.15, 0.2) is 23.2 Å². The third-order valence-electron chi connectivity index (χ3n) is 4.83. The fourth-order valence-corrected chi connectivity index (χ4v) is 3.60. The molecule has 0 atom stereocenters. The third-order valence-corrected chi connectivity index (χ3v) is 4.83. The molecule has 144 valence electrons. The largest absolute Gasteiger partial charge is 0.356 e. The van der Waals surface area contributed by atoms with Gasteiger partial charge in [0, 0.05) is 32.6 Å². The van der Waals surface area contributed by atoms with Gasteiger partial charge in [-0.15, -0.1) is 0 Å². The monoisotopic (exact) mass is 358 g/mol. The minimum absolute atomic E-state index is 0.134. The first-order valence-corrected chi connectivity index (χ1v) is 9.88. The van der Waals surface area contributed by atoms with Crippen LogP contribution in [0.5, 0.6) is 0 Å². The summed E-state index contributed by atoms with van der Waals surface area (Å²) in [5.41, 5.74) is 3.93. The third kappa shape index (κ3) is 7.46. The van der Waals surface area contributed by atoms with Crippen molar-refractivity contribution >= 4 is 11.9 Å². The number of carbonyl (C=O) groups is 1. The number of aryl methyl sites for hydroxylation is 2. The molecule has 1 aliphatic carbocycles. The Morgan fingerprint density at radius 1 is 1.04 bits per heavy atom. The summed E-state index contributed by atoms with van der Waals surface area (Å²) >= 11 is 0. The summed E-state index contributed by atoms with van der Waals surface area (Å²) in [5.74, 6) is 0.884. The normalized spacial score (nSPS) is 15.6. The first kappa shape index (κ1) is 20.3. The quantitative estimate of drug-likeness (QED) is 0.519. The van der Waals surface area contributed by atoms with Crippen molar-refractivity contribution in [2.45, 2.75) is 64.8 Å². The molecule has 0 saturated heterocycles. The number of hydrogen-bond acceptors (Lipinski definition) is 2. The molecule has 26 heavy (non-hydrogen) atoms. The molecule has 0 spiro atoms. The van der Waals surface area contributed by atoms with E-state index in [-0.39, 0.29) is 5.91 Å². The van der Waals surface area contributed by atoms with Gasteiger partial charge in [0.1, 0.15) is 0 Å². The number of amides is 1. The first-order chi connectivity index (χ1) is 12.6. The van der Waals surface area contributed by atoms with Crippen molar-refractivity contribution in [2.24, 2.45) is 4.99 Å². The van der Waals surface area contributed by atoms with Gasteiger partial charge in [-0.2, -0.15) is 0 Å². The van der Waals surface area contributed by atoms with Crippen LogP contribution in [0, 0.1) is 13.8 Å². The van der Waals surface area contributed by atoms with Crippen molar-refractivity contribution in [2.75, 3.05) is 20.1 Å². The Labute approximate surface area is 158 Å². The molecule has 1 saturated carbocycles. The molecule has 0 radical (unpaired) electrons. The van der Waals surface area contributed by atoms with E-state index in [0.717, 1.165) is 31.8 Å². The highest BCUT2D eigenvalue weighted by Crippen LogP contribution is 2.17. The van der Waals surface area contributed by atoms with Crippen molar-refractivity contribution in [1.29, 1.82) is 0 Å². The average molecular weight is 359 g/mol. The van der Waals surface area contributed by atoms with Crippen LogP contribution in [0.25, 0.3) is 0 Å². The average Bonchev–Trinajstić information content (AvgIpc) is 2.60. The Morgan fingerprint density at radius 3 is 2.35 bits per heavy atom. The lowest BCUT2D eigenvalue weighted by Gasteiger charge is -2.22. The molecule has 1 aliphatic rings. The highest BCUT2D eigenvalue weighted by atomic mass is 16.1. The van der Waals surface area contributed by atoms with Gasteiger partial charge in [-0.05, 0) is 38.7 Å². The maximum Gasteiger partial charge on any atom is 0.221 e. The molecule has 5 nitrogen and oxygen atoms in total. The van der Waals surface area contributed by atoms with Crippen LogP contribution in [0.2, 0.25) is 0 Å². The van der Waals surface area contributed by atoms with E-state index < -0.39 is 0 Å². The van der Waals surface area contributed by atoms with E-state index in [4.69, 9.17) is 0 Å². The van der Waals surface area contributed by atoms with E-state index in [1.807, 2.05) is 0 Å². The molecule has 3 N–H and O–H groups in total. The van der Waals surface area contributed by atoms with Crippen LogP contribution in [-0.2, 0) is 11.2 Å². The molecule has 5 heteroatoms. The molecule has 0 aromatic heterocycles. The van der Waals surface area contributed by atoms with Gasteiger partial charge in [0.05, 0.1) is 0 Å². The second-order valence-electron chi connectivity index (χ2n) is 7.32. The molecule has 1 aromatic carbocycles. The highest BCUT2D eigenvalue weighted by Gasteiger charge is 2.15. The lowest BCUT2D eigenvalue weighted by Crippen LogP contribution is -2.41. The number of benzene rings is 1. The van der Waals surface area contributed by atoms with Crippen LogP contribution >= 0.6 is 0 Å². The molecule has 0 aliphatic heterocycles. The van der Waals surface area contributed by atoms with E-state index in [2.05, 4.69) is 53.0 Å². The van der Waals surface area contributed by atoms with Gasteiger partial charge in [-0.25, -0.2) is 0 Å². The number of aliphatic imine (C=N–C) groups is 1. The Bertz CT molecular complexity index is 586. The predicted octanol–water partition coefficient (Wildman–Crippen LogP) is 2.85. The molecule has 0 heterocycles. The second kappa shape index (κ2) is 10.8. The molecule has 0 bridgehead atoms. The summed E-state index contributed by atoms with van der Waals surface area (Å²) in [5, 5.41) is 9.69. The fourth-order valence-electron chi connectivity index (χ4n) is 3.60. The van der Waals surface area contributed by atoms with Crippen molar-refractivity contribution < 1.29 is 4.79 Å². The molecule has 1 aromatic rings. The van der Waals surface area contributed by atoms with E-state index >= 15 is 0 Å². The maximum atomic E-state index is 12.0. The van der Waals surface area contributed by atoms with Crippen LogP contribution in [0.4, 0.5) is 0 Å². The number of nitrogens with zero attached hydrogens (tertiary/aromatic N) is 1. The van der Waals surface area contributed by atoms with Crippen molar-refractivity contribution in [3.63, 3.8) is 0 Å². The zero-order valence-electron chi connectivity index (χ0n) is 16.5.